The molecule has 170 valence electrons. The molecule has 1 N–H and O–H groups in total. The van der Waals surface area contributed by atoms with Crippen LogP contribution in [0, 0.1) is 26.2 Å². The fourth-order valence-electron chi connectivity index (χ4n) is 4.16. The Hall–Kier alpha value is -4.44. The molecule has 1 aromatic carbocycles. The molecule has 0 radical (unpaired) electrons. The first-order chi connectivity index (χ1) is 16.3. The van der Waals surface area contributed by atoms with Crippen LogP contribution in [0.2, 0.25) is 0 Å². The fraction of sp³-hybridized carbons (Fsp3) is 0.185. The number of carboxylic acid groups (broad SMARTS) is 1. The average Bonchev–Trinajstić information content (AvgIpc) is 3.38. The first-order valence-corrected chi connectivity index (χ1v) is 10.7. The second-order valence-electron chi connectivity index (χ2n) is 7.95. The Kier molecular flexibility index (Phi) is 6.15. The zero-order chi connectivity index (χ0) is 24.4. The second kappa shape index (κ2) is 9.20. The normalized spacial score (nSPS) is 12.9. The Balaban J connectivity index is 1.94. The van der Waals surface area contributed by atoms with E-state index in [1.54, 1.807) is 37.4 Å². The zero-order valence-corrected chi connectivity index (χ0v) is 19.4. The molecule has 34 heavy (non-hydrogen) atoms. The molecule has 0 saturated carbocycles. The molecule has 0 aliphatic heterocycles. The number of aromatic carboxylic acids is 1. The van der Waals surface area contributed by atoms with Gasteiger partial charge in [-0.2, -0.15) is 0 Å². The van der Waals surface area contributed by atoms with Crippen molar-refractivity contribution in [3.8, 4) is 34.6 Å². The van der Waals surface area contributed by atoms with Gasteiger partial charge >= 0.3 is 5.97 Å². The van der Waals surface area contributed by atoms with Crippen LogP contribution in [0.3, 0.4) is 0 Å². The molecule has 0 saturated heterocycles. The topological polar surface area (TPSA) is 93.5 Å². The van der Waals surface area contributed by atoms with Gasteiger partial charge in [-0.1, -0.05) is 23.2 Å². The fourth-order valence-corrected chi connectivity index (χ4v) is 4.16. The van der Waals surface area contributed by atoms with E-state index in [-0.39, 0.29) is 11.6 Å². The number of carboxylic acids is 1. The minimum Gasteiger partial charge on any atom is -0.478 e. The van der Waals surface area contributed by atoms with Crippen molar-refractivity contribution in [2.45, 2.75) is 26.8 Å². The third-order valence-corrected chi connectivity index (χ3v) is 5.89. The monoisotopic (exact) mass is 452 g/mol. The van der Waals surface area contributed by atoms with E-state index >= 15 is 0 Å². The maximum Gasteiger partial charge on any atom is 0.335 e. The highest BCUT2D eigenvalue weighted by Gasteiger charge is 2.20. The summed E-state index contributed by atoms with van der Waals surface area (Å²) in [5, 5.41) is 13.3. The highest BCUT2D eigenvalue weighted by Crippen LogP contribution is 2.35. The number of aliphatic imine (C=N–C) groups is 1. The van der Waals surface area contributed by atoms with Crippen LogP contribution in [-0.2, 0) is 0 Å². The lowest BCUT2D eigenvalue weighted by Crippen LogP contribution is -2.14. The molecule has 0 fully saturated rings. The third kappa shape index (κ3) is 4.02. The predicted molar refractivity (Wildman–Crippen MR) is 133 cm³/mol. The van der Waals surface area contributed by atoms with Gasteiger partial charge in [-0.25, -0.2) is 4.79 Å². The Morgan fingerprint density at radius 3 is 2.59 bits per heavy atom. The van der Waals surface area contributed by atoms with E-state index in [4.69, 9.17) is 15.9 Å². The Labute approximate surface area is 197 Å². The lowest BCUT2D eigenvalue weighted by molar-refractivity contribution is 0.0697. The lowest BCUT2D eigenvalue weighted by atomic mass is 10.0. The van der Waals surface area contributed by atoms with Gasteiger partial charge in [0, 0.05) is 36.1 Å². The summed E-state index contributed by atoms with van der Waals surface area (Å²) in [6, 6.07) is 8.71. The predicted octanol–water partition coefficient (Wildman–Crippen LogP) is 5.49. The summed E-state index contributed by atoms with van der Waals surface area (Å²) in [6.45, 7) is 5.82. The van der Waals surface area contributed by atoms with Crippen LogP contribution in [0.4, 0.5) is 0 Å². The van der Waals surface area contributed by atoms with Gasteiger partial charge in [0.2, 0.25) is 0 Å². The number of carbonyl (C=O) groups is 1. The van der Waals surface area contributed by atoms with Gasteiger partial charge in [0.15, 0.2) is 0 Å². The van der Waals surface area contributed by atoms with E-state index in [2.05, 4.69) is 26.7 Å². The molecule has 4 aromatic rings. The van der Waals surface area contributed by atoms with Crippen molar-refractivity contribution in [3.05, 3.63) is 71.9 Å². The number of benzene rings is 1. The number of hydrogen-bond acceptors (Lipinski definition) is 5. The number of fused-ring (bicyclic) bond motifs is 1. The summed E-state index contributed by atoms with van der Waals surface area (Å²) >= 11 is 0. The number of aromatic nitrogens is 3. The van der Waals surface area contributed by atoms with Crippen molar-refractivity contribution in [2.75, 3.05) is 7.05 Å². The van der Waals surface area contributed by atoms with Gasteiger partial charge < -0.3 is 14.2 Å². The largest absolute Gasteiger partial charge is 0.478 e. The highest BCUT2D eigenvalue weighted by molar-refractivity contribution is 6.01. The van der Waals surface area contributed by atoms with Crippen LogP contribution in [-0.4, -0.2) is 38.5 Å². The third-order valence-electron chi connectivity index (χ3n) is 5.89. The molecule has 0 spiro atoms. The first kappa shape index (κ1) is 22.7. The number of hydrogen-bond donors (Lipinski definition) is 1. The number of allylic oxidation sites excluding steroid dienone is 2. The smallest absolute Gasteiger partial charge is 0.335 e. The minimum atomic E-state index is -0.964. The van der Waals surface area contributed by atoms with Crippen LogP contribution < -0.4 is 0 Å². The molecule has 7 nitrogen and oxygen atoms in total. The van der Waals surface area contributed by atoms with Gasteiger partial charge in [0.1, 0.15) is 5.76 Å². The van der Waals surface area contributed by atoms with Crippen LogP contribution in [0.15, 0.2) is 64.4 Å². The van der Waals surface area contributed by atoms with Gasteiger partial charge in [-0.05, 0) is 56.7 Å². The summed E-state index contributed by atoms with van der Waals surface area (Å²) < 4.78 is 7.47. The summed E-state index contributed by atoms with van der Waals surface area (Å²) in [6.07, 6.45) is 12.7. The maximum absolute atomic E-state index is 11.3. The molecule has 0 bridgehead atoms. The van der Waals surface area contributed by atoms with E-state index in [0.29, 0.717) is 0 Å². The van der Waals surface area contributed by atoms with Crippen LogP contribution in [0.5, 0.6) is 0 Å². The van der Waals surface area contributed by atoms with Crippen molar-refractivity contribution in [2.24, 2.45) is 4.99 Å². The Morgan fingerprint density at radius 1 is 1.26 bits per heavy atom. The molecular weight excluding hydrogens is 428 g/mol. The average molecular weight is 453 g/mol. The number of terminal acetylenes is 1. The van der Waals surface area contributed by atoms with E-state index < -0.39 is 5.97 Å². The van der Waals surface area contributed by atoms with E-state index in [9.17, 15) is 9.90 Å². The van der Waals surface area contributed by atoms with Gasteiger partial charge in [-0.3, -0.25) is 9.98 Å². The first-order valence-electron chi connectivity index (χ1n) is 10.7. The number of pyridine rings is 1. The lowest BCUT2D eigenvalue weighted by Gasteiger charge is -2.15. The molecule has 0 aliphatic rings. The van der Waals surface area contributed by atoms with E-state index in [1.165, 1.54) is 0 Å². The van der Waals surface area contributed by atoms with Gasteiger partial charge in [0.25, 0.3) is 0 Å². The molecule has 7 heteroatoms. The summed E-state index contributed by atoms with van der Waals surface area (Å²) in [7, 11) is 1.73. The highest BCUT2D eigenvalue weighted by atomic mass is 16.5. The van der Waals surface area contributed by atoms with Crippen molar-refractivity contribution < 1.29 is 14.4 Å². The van der Waals surface area contributed by atoms with Crippen LogP contribution in [0.1, 0.15) is 34.8 Å². The number of rotatable bonds is 6. The van der Waals surface area contributed by atoms with Crippen molar-refractivity contribution in [3.63, 3.8) is 0 Å². The summed E-state index contributed by atoms with van der Waals surface area (Å²) in [5.41, 5.74) is 7.10. The SMILES string of the molecule is C#C/C=C\C(=N/C)[C@H](C)n1cc(-c2ccc(C(=O)O)cc2)c2ncc(-c3c(C)noc3C)cc21. The number of aryl methyl sites for hydroxylation is 2. The van der Waals surface area contributed by atoms with Crippen molar-refractivity contribution in [1.82, 2.24) is 14.7 Å². The summed E-state index contributed by atoms with van der Waals surface area (Å²) in [5.74, 6) is 2.27. The van der Waals surface area contributed by atoms with Gasteiger partial charge in [-0.15, -0.1) is 6.42 Å². The zero-order valence-electron chi connectivity index (χ0n) is 19.4. The molecule has 0 unspecified atom stereocenters. The molecule has 0 aliphatic carbocycles. The van der Waals surface area contributed by atoms with Crippen LogP contribution >= 0.6 is 0 Å². The van der Waals surface area contributed by atoms with Gasteiger partial charge in [0.05, 0.1) is 34.0 Å². The molecular formula is C27H24N4O3. The molecule has 3 heterocycles. The standard InChI is InChI=1S/C27H24N4O3/c1-6-7-8-23(28-5)17(3)31-15-22(19-9-11-20(12-10-19)27(32)33)26-24(31)13-21(14-29-26)25-16(2)30-34-18(25)4/h1,7-15,17H,2-5H3,(H,32,33)/b8-7-,28-23+/t17-/m0/s1. The van der Waals surface area contributed by atoms with Crippen molar-refractivity contribution in [1.29, 1.82) is 0 Å². The quantitative estimate of drug-likeness (QED) is 0.308. The van der Waals surface area contributed by atoms with Crippen LogP contribution in [0.25, 0.3) is 33.3 Å². The number of nitrogens with zero attached hydrogens (tertiary/aromatic N) is 4. The summed E-state index contributed by atoms with van der Waals surface area (Å²) in [4.78, 5) is 20.5. The van der Waals surface area contributed by atoms with E-state index in [1.807, 2.05) is 39.2 Å². The molecule has 3 aromatic heterocycles. The maximum atomic E-state index is 11.3. The van der Waals surface area contributed by atoms with Crippen molar-refractivity contribution >= 4 is 22.7 Å². The molecule has 0 amide bonds. The minimum absolute atomic E-state index is 0.133. The Bertz CT molecular complexity index is 1460. The Morgan fingerprint density at radius 2 is 2.00 bits per heavy atom. The molecule has 4 rings (SSSR count). The second-order valence-corrected chi connectivity index (χ2v) is 7.95. The molecule has 1 atom stereocenters. The van der Waals surface area contributed by atoms with E-state index in [0.717, 1.165) is 50.5 Å².